The van der Waals surface area contributed by atoms with E-state index in [2.05, 4.69) is 5.32 Å². The zero-order valence-electron chi connectivity index (χ0n) is 22.6. The molecule has 39 heavy (non-hydrogen) atoms. The summed E-state index contributed by atoms with van der Waals surface area (Å²) in [6.45, 7) is 6.38. The van der Waals surface area contributed by atoms with Crippen molar-refractivity contribution in [3.8, 4) is 11.5 Å². The van der Waals surface area contributed by atoms with Gasteiger partial charge in [-0.15, -0.1) is 0 Å². The Kier molecular flexibility index (Phi) is 10.7. The zero-order valence-corrected chi connectivity index (χ0v) is 24.9. The van der Waals surface area contributed by atoms with E-state index < -0.39 is 16.1 Å². The number of amides is 2. The summed E-state index contributed by atoms with van der Waals surface area (Å²) in [4.78, 5) is 27.9. The van der Waals surface area contributed by atoms with Crippen LogP contribution < -0.4 is 19.1 Å². The highest BCUT2D eigenvalue weighted by Crippen LogP contribution is 2.35. The molecule has 1 heterocycles. The number of hydrogen-bond acceptors (Lipinski definition) is 6. The Morgan fingerprint density at radius 2 is 1.69 bits per heavy atom. The maximum atomic E-state index is 13.5. The maximum absolute atomic E-state index is 13.5. The van der Waals surface area contributed by atoms with Crippen LogP contribution in [0.3, 0.4) is 0 Å². The maximum Gasteiger partial charge on any atom is 0.242 e. The molecule has 2 aromatic carbocycles. The molecule has 0 aliphatic carbocycles. The molecule has 0 fully saturated rings. The first-order chi connectivity index (χ1) is 18.4. The van der Waals surface area contributed by atoms with E-state index in [-0.39, 0.29) is 43.8 Å². The fourth-order valence-electron chi connectivity index (χ4n) is 4.09. The summed E-state index contributed by atoms with van der Waals surface area (Å²) >= 11 is 12.7. The van der Waals surface area contributed by atoms with Crippen LogP contribution in [-0.2, 0) is 26.2 Å². The third kappa shape index (κ3) is 8.16. The number of fused-ring (bicyclic) bond motifs is 1. The van der Waals surface area contributed by atoms with Crippen LogP contribution >= 0.6 is 23.2 Å². The molecule has 1 aliphatic rings. The Labute approximate surface area is 240 Å². The largest absolute Gasteiger partial charge is 0.486 e. The summed E-state index contributed by atoms with van der Waals surface area (Å²) in [5, 5.41) is 3.68. The van der Waals surface area contributed by atoms with Gasteiger partial charge in [-0.05, 0) is 51.0 Å². The van der Waals surface area contributed by atoms with Crippen molar-refractivity contribution >= 4 is 50.7 Å². The molecule has 0 saturated carbocycles. The smallest absolute Gasteiger partial charge is 0.242 e. The lowest BCUT2D eigenvalue weighted by atomic mass is 10.1. The molecule has 2 atom stereocenters. The van der Waals surface area contributed by atoms with Crippen molar-refractivity contribution in [3.05, 3.63) is 52.0 Å². The summed E-state index contributed by atoms with van der Waals surface area (Å²) in [7, 11) is -3.66. The predicted octanol–water partition coefficient (Wildman–Crippen LogP) is 4.64. The number of sulfonamides is 1. The Balaban J connectivity index is 1.78. The van der Waals surface area contributed by atoms with Gasteiger partial charge in [0, 0.05) is 47.2 Å². The molecule has 2 aromatic rings. The number of rotatable bonds is 12. The van der Waals surface area contributed by atoms with Crippen LogP contribution in [0.1, 0.15) is 45.6 Å². The van der Waals surface area contributed by atoms with Crippen molar-refractivity contribution < 1.29 is 27.5 Å². The Hall–Kier alpha value is -2.69. The standard InChI is InChI=1S/C27H35Cl2N3O6S/c1-5-18(2)30-27(34)19(3)31(17-21-22(28)8-6-9-23(21)29)26(33)10-7-13-32(39(4,35)36)20-11-12-24-25(16-20)38-15-14-37-24/h6,8-9,11-12,16,18-19H,5,7,10,13-15,17H2,1-4H3,(H,30,34)/t18-,19+/m0/s1. The van der Waals surface area contributed by atoms with Crippen LogP contribution in [0.5, 0.6) is 11.5 Å². The number of halogens is 2. The SMILES string of the molecule is CC[C@H](C)NC(=O)[C@@H](C)N(Cc1c(Cl)cccc1Cl)C(=O)CCCN(c1ccc2c(c1)OCCO2)S(C)(=O)=O. The minimum absolute atomic E-state index is 0.000402. The molecule has 3 rings (SSSR count). The second-order valence-electron chi connectivity index (χ2n) is 9.48. The van der Waals surface area contributed by atoms with Gasteiger partial charge in [-0.1, -0.05) is 36.2 Å². The Bertz CT molecular complexity index is 1270. The van der Waals surface area contributed by atoms with Crippen LogP contribution in [0.15, 0.2) is 36.4 Å². The molecule has 12 heteroatoms. The third-order valence-electron chi connectivity index (χ3n) is 6.52. The van der Waals surface area contributed by atoms with E-state index in [1.807, 2.05) is 13.8 Å². The van der Waals surface area contributed by atoms with Crippen molar-refractivity contribution in [2.24, 2.45) is 0 Å². The lowest BCUT2D eigenvalue weighted by Crippen LogP contribution is -2.49. The van der Waals surface area contributed by atoms with E-state index >= 15 is 0 Å². The highest BCUT2D eigenvalue weighted by molar-refractivity contribution is 7.92. The quantitative estimate of drug-likeness (QED) is 0.381. The van der Waals surface area contributed by atoms with Crippen LogP contribution in [0, 0.1) is 0 Å². The first-order valence-electron chi connectivity index (χ1n) is 12.8. The minimum Gasteiger partial charge on any atom is -0.486 e. The van der Waals surface area contributed by atoms with Gasteiger partial charge in [0.15, 0.2) is 11.5 Å². The van der Waals surface area contributed by atoms with Gasteiger partial charge in [0.05, 0.1) is 11.9 Å². The number of carbonyl (C=O) groups is 2. The van der Waals surface area contributed by atoms with Gasteiger partial charge < -0.3 is 19.7 Å². The van der Waals surface area contributed by atoms with Gasteiger partial charge in [0.2, 0.25) is 21.8 Å². The predicted molar refractivity (Wildman–Crippen MR) is 153 cm³/mol. The lowest BCUT2D eigenvalue weighted by Gasteiger charge is -2.31. The number of nitrogens with one attached hydrogen (secondary N) is 1. The van der Waals surface area contributed by atoms with Crippen LogP contribution in [-0.4, -0.2) is 63.2 Å². The van der Waals surface area contributed by atoms with E-state index in [1.165, 1.54) is 9.21 Å². The highest BCUT2D eigenvalue weighted by Gasteiger charge is 2.28. The van der Waals surface area contributed by atoms with E-state index in [0.29, 0.717) is 46.0 Å². The molecule has 214 valence electrons. The van der Waals surface area contributed by atoms with Gasteiger partial charge in [0.25, 0.3) is 0 Å². The van der Waals surface area contributed by atoms with Crippen LogP contribution in [0.4, 0.5) is 5.69 Å². The molecule has 0 saturated heterocycles. The minimum atomic E-state index is -3.66. The summed E-state index contributed by atoms with van der Waals surface area (Å²) in [6.07, 6.45) is 2.06. The second-order valence-corrected chi connectivity index (χ2v) is 12.2. The van der Waals surface area contributed by atoms with Gasteiger partial charge in [0.1, 0.15) is 19.3 Å². The Morgan fingerprint density at radius 1 is 1.05 bits per heavy atom. The van der Waals surface area contributed by atoms with Crippen molar-refractivity contribution in [2.45, 2.75) is 58.7 Å². The van der Waals surface area contributed by atoms with Gasteiger partial charge >= 0.3 is 0 Å². The van der Waals surface area contributed by atoms with E-state index in [0.717, 1.165) is 12.7 Å². The van der Waals surface area contributed by atoms with Crippen molar-refractivity contribution in [2.75, 3.05) is 30.3 Å². The highest BCUT2D eigenvalue weighted by atomic mass is 35.5. The van der Waals surface area contributed by atoms with Crippen molar-refractivity contribution in [1.29, 1.82) is 0 Å². The fourth-order valence-corrected chi connectivity index (χ4v) is 5.57. The summed E-state index contributed by atoms with van der Waals surface area (Å²) < 4.78 is 37.6. The molecular formula is C27H35Cl2N3O6S. The molecule has 0 unspecified atom stereocenters. The van der Waals surface area contributed by atoms with E-state index in [1.54, 1.807) is 43.3 Å². The topological polar surface area (TPSA) is 105 Å². The van der Waals surface area contributed by atoms with Crippen molar-refractivity contribution in [1.82, 2.24) is 10.2 Å². The zero-order chi connectivity index (χ0) is 28.7. The first-order valence-corrected chi connectivity index (χ1v) is 15.4. The molecule has 2 amide bonds. The fraction of sp³-hybridized carbons (Fsp3) is 0.481. The number of anilines is 1. The van der Waals surface area contributed by atoms with E-state index in [9.17, 15) is 18.0 Å². The first kappa shape index (κ1) is 30.8. The normalized spacial score (nSPS) is 14.3. The molecule has 1 N–H and O–H groups in total. The van der Waals surface area contributed by atoms with Gasteiger partial charge in [-0.25, -0.2) is 8.42 Å². The van der Waals surface area contributed by atoms with Crippen molar-refractivity contribution in [3.63, 3.8) is 0 Å². The second kappa shape index (κ2) is 13.6. The molecule has 0 radical (unpaired) electrons. The van der Waals surface area contributed by atoms with E-state index in [4.69, 9.17) is 32.7 Å². The monoisotopic (exact) mass is 599 g/mol. The molecular weight excluding hydrogens is 565 g/mol. The number of ether oxygens (including phenoxy) is 2. The summed E-state index contributed by atoms with van der Waals surface area (Å²) in [5.74, 6) is 0.392. The van der Waals surface area contributed by atoms with Crippen LogP contribution in [0.2, 0.25) is 10.0 Å². The molecule has 0 bridgehead atoms. The lowest BCUT2D eigenvalue weighted by molar-refractivity contribution is -0.140. The molecule has 9 nitrogen and oxygen atoms in total. The van der Waals surface area contributed by atoms with Gasteiger partial charge in [-0.3, -0.25) is 13.9 Å². The average molecular weight is 601 g/mol. The number of hydrogen-bond donors (Lipinski definition) is 1. The average Bonchev–Trinajstić information content (AvgIpc) is 2.89. The third-order valence-corrected chi connectivity index (χ3v) is 8.43. The summed E-state index contributed by atoms with van der Waals surface area (Å²) in [5.41, 5.74) is 0.946. The van der Waals surface area contributed by atoms with Gasteiger partial charge in [-0.2, -0.15) is 0 Å². The molecule has 0 spiro atoms. The number of nitrogens with zero attached hydrogens (tertiary/aromatic N) is 2. The molecule has 0 aromatic heterocycles. The number of carbonyl (C=O) groups excluding carboxylic acids is 2. The number of benzene rings is 2. The summed E-state index contributed by atoms with van der Waals surface area (Å²) in [6, 6.07) is 9.11. The molecule has 1 aliphatic heterocycles. The van der Waals surface area contributed by atoms with Crippen LogP contribution in [0.25, 0.3) is 0 Å². The Morgan fingerprint density at radius 3 is 2.31 bits per heavy atom.